The molecule has 8 heteroatoms. The zero-order valence-corrected chi connectivity index (χ0v) is 18.8. The summed E-state index contributed by atoms with van der Waals surface area (Å²) in [5.41, 5.74) is -1.30. The zero-order valence-electron chi connectivity index (χ0n) is 18.8. The maximum atomic E-state index is 13.7. The van der Waals surface area contributed by atoms with Gasteiger partial charge in [-0.05, 0) is 37.2 Å². The second-order valence-corrected chi connectivity index (χ2v) is 9.98. The average Bonchev–Trinajstić information content (AvgIpc) is 3.16. The normalized spacial score (nSPS) is 42.4. The number of hydrogen-bond acceptors (Lipinski definition) is 8. The van der Waals surface area contributed by atoms with Crippen molar-refractivity contribution in [2.75, 3.05) is 13.2 Å². The Balaban J connectivity index is 1.62. The van der Waals surface area contributed by atoms with Gasteiger partial charge >= 0.3 is 17.9 Å². The summed E-state index contributed by atoms with van der Waals surface area (Å²) in [6.45, 7) is 5.37. The lowest BCUT2D eigenvalue weighted by Gasteiger charge is -2.61. The summed E-state index contributed by atoms with van der Waals surface area (Å²) in [6.07, 6.45) is 5.72. The quantitative estimate of drug-likeness (QED) is 0.394. The van der Waals surface area contributed by atoms with Gasteiger partial charge < -0.3 is 23.4 Å². The average molecular weight is 446 g/mol. The highest BCUT2D eigenvalue weighted by molar-refractivity contribution is 5.81. The first-order valence-electron chi connectivity index (χ1n) is 11.4. The van der Waals surface area contributed by atoms with Crippen LogP contribution in [-0.4, -0.2) is 42.8 Å². The fourth-order valence-corrected chi connectivity index (χ4v) is 7.12. The summed E-state index contributed by atoms with van der Waals surface area (Å²) in [7, 11) is 0. The van der Waals surface area contributed by atoms with Crippen molar-refractivity contribution < 1.29 is 37.7 Å². The molecule has 1 aromatic rings. The van der Waals surface area contributed by atoms with Crippen molar-refractivity contribution in [1.29, 1.82) is 0 Å². The second-order valence-electron chi connectivity index (χ2n) is 9.98. The van der Waals surface area contributed by atoms with Gasteiger partial charge in [-0.15, -0.1) is 0 Å². The van der Waals surface area contributed by atoms with Gasteiger partial charge in [0.1, 0.15) is 24.4 Å². The number of epoxide rings is 1. The van der Waals surface area contributed by atoms with Gasteiger partial charge in [-0.25, -0.2) is 0 Å². The number of carbonyl (C=O) groups is 3. The van der Waals surface area contributed by atoms with Crippen molar-refractivity contribution in [3.63, 3.8) is 0 Å². The van der Waals surface area contributed by atoms with E-state index in [9.17, 15) is 14.4 Å². The Morgan fingerprint density at radius 3 is 2.66 bits per heavy atom. The van der Waals surface area contributed by atoms with Crippen LogP contribution in [0.25, 0.3) is 0 Å². The Labute approximate surface area is 186 Å². The Morgan fingerprint density at radius 2 is 2.03 bits per heavy atom. The predicted molar refractivity (Wildman–Crippen MR) is 109 cm³/mol. The van der Waals surface area contributed by atoms with Crippen LogP contribution in [0.5, 0.6) is 0 Å². The molecule has 4 aliphatic rings. The monoisotopic (exact) mass is 446 g/mol. The molecule has 3 heterocycles. The van der Waals surface area contributed by atoms with Crippen LogP contribution in [0.15, 0.2) is 23.0 Å². The number of ether oxygens (including phenoxy) is 4. The lowest BCUT2D eigenvalue weighted by Crippen LogP contribution is -2.68. The van der Waals surface area contributed by atoms with Crippen LogP contribution in [0.2, 0.25) is 0 Å². The van der Waals surface area contributed by atoms with Crippen LogP contribution < -0.4 is 0 Å². The first-order valence-corrected chi connectivity index (χ1v) is 11.4. The number of esters is 3. The molecule has 0 bridgehead atoms. The molecule has 2 aliphatic heterocycles. The number of hydrogen-bond donors (Lipinski definition) is 0. The van der Waals surface area contributed by atoms with E-state index in [0.717, 1.165) is 24.8 Å². The Hall–Kier alpha value is -2.35. The summed E-state index contributed by atoms with van der Waals surface area (Å²) in [5.74, 6) is -1.30. The standard InChI is InChI=1S/C24H30O8/c1-14-9-20(31-16(3)26)24(13-29-15(2)25)19(5-4-7-22(24)12-30-22)23(14)10-18(32-21(23)27)17-6-8-28-11-17/h6,8,11,14,18-20H,4-5,7,9-10,12-13H2,1-3H3/t14-,18+,19-,20+,22+,23+,24+/m1/s1. The van der Waals surface area contributed by atoms with Crippen molar-refractivity contribution >= 4 is 17.9 Å². The maximum Gasteiger partial charge on any atom is 0.313 e. The van der Waals surface area contributed by atoms with Gasteiger partial charge in [-0.1, -0.05) is 13.3 Å². The minimum atomic E-state index is -0.792. The van der Waals surface area contributed by atoms with Crippen LogP contribution in [-0.2, 0) is 33.3 Å². The molecule has 174 valence electrons. The van der Waals surface area contributed by atoms with Crippen molar-refractivity contribution in [2.24, 2.45) is 22.7 Å². The minimum Gasteiger partial charge on any atom is -0.472 e. The molecule has 0 aromatic carbocycles. The minimum absolute atomic E-state index is 0.0586. The van der Waals surface area contributed by atoms with Gasteiger partial charge in [-0.3, -0.25) is 14.4 Å². The van der Waals surface area contributed by atoms with Gasteiger partial charge in [0.2, 0.25) is 0 Å². The Kier molecular flexibility index (Phi) is 4.93. The van der Waals surface area contributed by atoms with Gasteiger partial charge in [0, 0.05) is 25.8 Å². The van der Waals surface area contributed by atoms with E-state index >= 15 is 0 Å². The molecule has 7 atom stereocenters. The highest BCUT2D eigenvalue weighted by Crippen LogP contribution is 2.71. The third-order valence-electron chi connectivity index (χ3n) is 8.57. The van der Waals surface area contributed by atoms with Crippen LogP contribution in [0.3, 0.4) is 0 Å². The van der Waals surface area contributed by atoms with Crippen molar-refractivity contribution in [3.8, 4) is 0 Å². The zero-order chi connectivity index (χ0) is 22.7. The molecule has 0 unspecified atom stereocenters. The Morgan fingerprint density at radius 1 is 1.25 bits per heavy atom. The first-order chi connectivity index (χ1) is 15.2. The van der Waals surface area contributed by atoms with E-state index in [1.165, 1.54) is 13.8 Å². The molecule has 0 amide bonds. The number of carbonyl (C=O) groups excluding carboxylic acids is 3. The fraction of sp³-hybridized carbons (Fsp3) is 0.708. The molecule has 2 aliphatic carbocycles. The van der Waals surface area contributed by atoms with Gasteiger partial charge in [0.25, 0.3) is 0 Å². The van der Waals surface area contributed by atoms with E-state index in [4.69, 9.17) is 23.4 Å². The van der Waals surface area contributed by atoms with E-state index in [1.54, 1.807) is 12.5 Å². The fourth-order valence-electron chi connectivity index (χ4n) is 7.12. The predicted octanol–water partition coefficient (Wildman–Crippen LogP) is 3.34. The molecule has 32 heavy (non-hydrogen) atoms. The summed E-state index contributed by atoms with van der Waals surface area (Å²) in [5, 5.41) is 0. The molecular weight excluding hydrogens is 416 g/mol. The Bertz CT molecular complexity index is 918. The highest BCUT2D eigenvalue weighted by atomic mass is 16.6. The SMILES string of the molecule is CC(=O)OC[C@@]12[C@@H](OC(C)=O)C[C@@H](C)[C@@]3(C[C@@H](c4ccoc4)OC3=O)[C@H]1CCC[C@]21CO1. The summed E-state index contributed by atoms with van der Waals surface area (Å²) in [6, 6.07) is 1.82. The molecule has 2 spiro atoms. The van der Waals surface area contributed by atoms with Gasteiger partial charge in [-0.2, -0.15) is 0 Å². The highest BCUT2D eigenvalue weighted by Gasteiger charge is 2.78. The van der Waals surface area contributed by atoms with Crippen molar-refractivity contribution in [2.45, 2.75) is 70.7 Å². The van der Waals surface area contributed by atoms with E-state index in [1.807, 2.05) is 13.0 Å². The third kappa shape index (κ3) is 2.87. The number of furan rings is 1. The maximum absolute atomic E-state index is 13.7. The molecule has 5 rings (SSSR count). The molecule has 2 saturated carbocycles. The number of rotatable bonds is 4. The smallest absolute Gasteiger partial charge is 0.313 e. The van der Waals surface area contributed by atoms with E-state index < -0.39 is 34.6 Å². The molecule has 1 aromatic heterocycles. The van der Waals surface area contributed by atoms with Gasteiger partial charge in [0.05, 0.1) is 30.0 Å². The molecule has 2 saturated heterocycles. The van der Waals surface area contributed by atoms with Crippen molar-refractivity contribution in [1.82, 2.24) is 0 Å². The lowest BCUT2D eigenvalue weighted by atomic mass is 9.42. The topological polar surface area (TPSA) is 105 Å². The number of cyclic esters (lactones) is 1. The van der Waals surface area contributed by atoms with Crippen LogP contribution in [0, 0.1) is 22.7 Å². The van der Waals surface area contributed by atoms with E-state index in [2.05, 4.69) is 0 Å². The van der Waals surface area contributed by atoms with Crippen molar-refractivity contribution in [3.05, 3.63) is 24.2 Å². The van der Waals surface area contributed by atoms with E-state index in [0.29, 0.717) is 19.4 Å². The van der Waals surface area contributed by atoms with Crippen LogP contribution in [0.1, 0.15) is 64.5 Å². The molecule has 0 radical (unpaired) electrons. The molecule has 0 N–H and O–H groups in total. The molecule has 4 fully saturated rings. The molecule has 8 nitrogen and oxygen atoms in total. The third-order valence-corrected chi connectivity index (χ3v) is 8.57. The summed E-state index contributed by atoms with van der Waals surface area (Å²) in [4.78, 5) is 37.7. The summed E-state index contributed by atoms with van der Waals surface area (Å²) < 4.78 is 28.8. The van der Waals surface area contributed by atoms with Crippen LogP contribution >= 0.6 is 0 Å². The van der Waals surface area contributed by atoms with Gasteiger partial charge in [0.15, 0.2) is 0 Å². The number of fused-ring (bicyclic) bond motifs is 3. The van der Waals surface area contributed by atoms with E-state index in [-0.39, 0.29) is 30.4 Å². The molecular formula is C24H30O8. The second kappa shape index (κ2) is 7.33. The lowest BCUT2D eigenvalue weighted by molar-refractivity contribution is -0.228. The summed E-state index contributed by atoms with van der Waals surface area (Å²) >= 11 is 0. The van der Waals surface area contributed by atoms with Crippen LogP contribution in [0.4, 0.5) is 0 Å². The first kappa shape index (κ1) is 21.5. The largest absolute Gasteiger partial charge is 0.472 e.